The standard InChI is InChI=1S/C16H23NO4S/c18-22(19)12-9-17(13-14-5-1-2-6-15(14)22)8-11-21-16-7-3-4-10-20-16/h1-2,5-6,16H,3-4,7-13H2/t16-/m1/s1. The van der Waals surface area contributed by atoms with Crippen LogP contribution >= 0.6 is 0 Å². The van der Waals surface area contributed by atoms with E-state index in [9.17, 15) is 8.42 Å². The third kappa shape index (κ3) is 3.87. The van der Waals surface area contributed by atoms with Crippen LogP contribution in [0.15, 0.2) is 29.2 Å². The molecule has 1 atom stereocenters. The van der Waals surface area contributed by atoms with Crippen molar-refractivity contribution in [2.24, 2.45) is 0 Å². The highest BCUT2D eigenvalue weighted by atomic mass is 32.2. The van der Waals surface area contributed by atoms with E-state index in [1.807, 2.05) is 12.1 Å². The predicted molar refractivity (Wildman–Crippen MR) is 83.3 cm³/mol. The lowest BCUT2D eigenvalue weighted by Crippen LogP contribution is -2.32. The van der Waals surface area contributed by atoms with Crippen molar-refractivity contribution in [3.05, 3.63) is 29.8 Å². The van der Waals surface area contributed by atoms with Crippen LogP contribution < -0.4 is 0 Å². The molecule has 122 valence electrons. The Morgan fingerprint density at radius 1 is 1.27 bits per heavy atom. The van der Waals surface area contributed by atoms with E-state index in [1.54, 1.807) is 12.1 Å². The number of hydrogen-bond donors (Lipinski definition) is 0. The molecular formula is C16H23NO4S. The minimum absolute atomic E-state index is 0.0863. The molecule has 0 unspecified atom stereocenters. The predicted octanol–water partition coefficient (Wildman–Crippen LogP) is 1.82. The fraction of sp³-hybridized carbons (Fsp3) is 0.625. The van der Waals surface area contributed by atoms with E-state index in [0.717, 1.165) is 38.0 Å². The van der Waals surface area contributed by atoms with Crippen molar-refractivity contribution in [1.29, 1.82) is 0 Å². The van der Waals surface area contributed by atoms with Gasteiger partial charge in [0, 0.05) is 26.2 Å². The van der Waals surface area contributed by atoms with Gasteiger partial charge in [0.25, 0.3) is 0 Å². The monoisotopic (exact) mass is 325 g/mol. The van der Waals surface area contributed by atoms with E-state index >= 15 is 0 Å². The Labute approximate surface area is 132 Å². The first-order valence-electron chi connectivity index (χ1n) is 7.91. The Morgan fingerprint density at radius 2 is 2.14 bits per heavy atom. The molecule has 1 saturated heterocycles. The Hall–Kier alpha value is -0.950. The minimum atomic E-state index is -3.16. The summed E-state index contributed by atoms with van der Waals surface area (Å²) in [5, 5.41) is 0. The number of nitrogens with zero attached hydrogens (tertiary/aromatic N) is 1. The van der Waals surface area contributed by atoms with Gasteiger partial charge in [-0.25, -0.2) is 8.42 Å². The first kappa shape index (κ1) is 15.9. The Bertz CT molecular complexity index is 596. The average molecular weight is 325 g/mol. The second-order valence-electron chi connectivity index (χ2n) is 5.87. The van der Waals surface area contributed by atoms with E-state index in [0.29, 0.717) is 24.6 Å². The minimum Gasteiger partial charge on any atom is -0.353 e. The Balaban J connectivity index is 1.57. The van der Waals surface area contributed by atoms with E-state index in [4.69, 9.17) is 9.47 Å². The van der Waals surface area contributed by atoms with Crippen LogP contribution in [0, 0.1) is 0 Å². The van der Waals surface area contributed by atoms with Crippen LogP contribution in [0.25, 0.3) is 0 Å². The maximum Gasteiger partial charge on any atom is 0.179 e. The molecule has 6 heteroatoms. The molecule has 2 aliphatic heterocycles. The molecule has 0 bridgehead atoms. The number of benzene rings is 1. The molecule has 1 aromatic carbocycles. The van der Waals surface area contributed by atoms with Gasteiger partial charge in [-0.05, 0) is 30.9 Å². The van der Waals surface area contributed by atoms with Gasteiger partial charge < -0.3 is 9.47 Å². The number of hydrogen-bond acceptors (Lipinski definition) is 5. The first-order valence-corrected chi connectivity index (χ1v) is 9.56. The zero-order chi connectivity index (χ0) is 15.4. The summed E-state index contributed by atoms with van der Waals surface area (Å²) in [5.41, 5.74) is 0.883. The highest BCUT2D eigenvalue weighted by Gasteiger charge is 2.25. The van der Waals surface area contributed by atoms with Gasteiger partial charge in [0.2, 0.25) is 0 Å². The SMILES string of the molecule is O=S1(=O)CCN(CCO[C@@H]2CCCCO2)Cc2ccccc21. The zero-order valence-electron chi connectivity index (χ0n) is 12.7. The average Bonchev–Trinajstić information content (AvgIpc) is 2.66. The summed E-state index contributed by atoms with van der Waals surface area (Å²) in [5.74, 6) is 0.171. The molecule has 1 fully saturated rings. The molecule has 2 heterocycles. The van der Waals surface area contributed by atoms with E-state index in [-0.39, 0.29) is 12.0 Å². The number of fused-ring (bicyclic) bond motifs is 1. The molecule has 22 heavy (non-hydrogen) atoms. The summed E-state index contributed by atoms with van der Waals surface area (Å²) in [4.78, 5) is 2.63. The summed E-state index contributed by atoms with van der Waals surface area (Å²) in [6.45, 7) is 3.28. The van der Waals surface area contributed by atoms with Crippen LogP contribution in [0.3, 0.4) is 0 Å². The second kappa shape index (κ2) is 7.08. The van der Waals surface area contributed by atoms with E-state index in [1.165, 1.54) is 0 Å². The summed E-state index contributed by atoms with van der Waals surface area (Å²) in [6.07, 6.45) is 3.13. The lowest BCUT2D eigenvalue weighted by atomic mass is 10.2. The molecule has 1 aromatic rings. The van der Waals surface area contributed by atoms with Crippen LogP contribution in [0.4, 0.5) is 0 Å². The summed E-state index contributed by atoms with van der Waals surface area (Å²) >= 11 is 0. The fourth-order valence-electron chi connectivity index (χ4n) is 2.96. The van der Waals surface area contributed by atoms with Crippen molar-refractivity contribution >= 4 is 9.84 Å². The van der Waals surface area contributed by atoms with Crippen LogP contribution in [0.1, 0.15) is 24.8 Å². The molecule has 0 aliphatic carbocycles. The molecule has 0 saturated carbocycles. The van der Waals surface area contributed by atoms with Crippen molar-refractivity contribution in [2.75, 3.05) is 32.1 Å². The fourth-order valence-corrected chi connectivity index (χ4v) is 4.50. The Kier molecular flexibility index (Phi) is 5.13. The van der Waals surface area contributed by atoms with Gasteiger partial charge in [0.15, 0.2) is 16.1 Å². The molecule has 5 nitrogen and oxygen atoms in total. The smallest absolute Gasteiger partial charge is 0.179 e. The lowest BCUT2D eigenvalue weighted by Gasteiger charge is -2.25. The lowest BCUT2D eigenvalue weighted by molar-refractivity contribution is -0.164. The number of rotatable bonds is 4. The van der Waals surface area contributed by atoms with Crippen molar-refractivity contribution in [2.45, 2.75) is 37.0 Å². The largest absolute Gasteiger partial charge is 0.353 e. The molecule has 0 radical (unpaired) electrons. The van der Waals surface area contributed by atoms with Gasteiger partial charge in [-0.3, -0.25) is 4.90 Å². The van der Waals surface area contributed by atoms with Crippen molar-refractivity contribution in [3.63, 3.8) is 0 Å². The summed E-state index contributed by atoms with van der Waals surface area (Å²) < 4.78 is 35.9. The number of sulfone groups is 1. The highest BCUT2D eigenvalue weighted by Crippen LogP contribution is 2.22. The molecule has 0 amide bonds. The Morgan fingerprint density at radius 3 is 2.95 bits per heavy atom. The van der Waals surface area contributed by atoms with Gasteiger partial charge in [0.1, 0.15) is 0 Å². The van der Waals surface area contributed by atoms with Crippen LogP contribution in [-0.4, -0.2) is 51.7 Å². The van der Waals surface area contributed by atoms with E-state index < -0.39 is 9.84 Å². The molecule has 0 N–H and O–H groups in total. The molecular weight excluding hydrogens is 302 g/mol. The van der Waals surface area contributed by atoms with Crippen LogP contribution in [0.5, 0.6) is 0 Å². The highest BCUT2D eigenvalue weighted by molar-refractivity contribution is 7.91. The maximum atomic E-state index is 12.3. The maximum absolute atomic E-state index is 12.3. The van der Waals surface area contributed by atoms with Gasteiger partial charge >= 0.3 is 0 Å². The normalized spacial score (nSPS) is 25.4. The third-order valence-corrected chi connectivity index (χ3v) is 6.02. The van der Waals surface area contributed by atoms with E-state index in [2.05, 4.69) is 4.90 Å². The van der Waals surface area contributed by atoms with Gasteiger partial charge in [-0.2, -0.15) is 0 Å². The van der Waals surface area contributed by atoms with Crippen LogP contribution in [0.2, 0.25) is 0 Å². The summed E-state index contributed by atoms with van der Waals surface area (Å²) in [6, 6.07) is 7.29. The first-order chi connectivity index (χ1) is 10.6. The number of ether oxygens (including phenoxy) is 2. The molecule has 0 spiro atoms. The zero-order valence-corrected chi connectivity index (χ0v) is 13.6. The second-order valence-corrected chi connectivity index (χ2v) is 7.95. The molecule has 0 aromatic heterocycles. The third-order valence-electron chi connectivity index (χ3n) is 4.23. The molecule has 3 rings (SSSR count). The molecule has 2 aliphatic rings. The van der Waals surface area contributed by atoms with Crippen LogP contribution in [-0.2, 0) is 25.9 Å². The van der Waals surface area contributed by atoms with Gasteiger partial charge in [-0.1, -0.05) is 18.2 Å². The quantitative estimate of drug-likeness (QED) is 0.845. The van der Waals surface area contributed by atoms with Gasteiger partial charge in [-0.15, -0.1) is 0 Å². The summed E-state index contributed by atoms with van der Waals surface area (Å²) in [7, 11) is -3.16. The van der Waals surface area contributed by atoms with Crippen molar-refractivity contribution in [3.8, 4) is 0 Å². The van der Waals surface area contributed by atoms with Crippen molar-refractivity contribution in [1.82, 2.24) is 4.90 Å². The van der Waals surface area contributed by atoms with Gasteiger partial charge in [0.05, 0.1) is 17.3 Å². The van der Waals surface area contributed by atoms with Crippen molar-refractivity contribution < 1.29 is 17.9 Å². The topological polar surface area (TPSA) is 55.8 Å².